The summed E-state index contributed by atoms with van der Waals surface area (Å²) in [6.45, 7) is 2.41. The highest BCUT2D eigenvalue weighted by molar-refractivity contribution is 6.31. The molecule has 0 amide bonds. The van der Waals surface area contributed by atoms with Crippen LogP contribution in [0.25, 0.3) is 11.3 Å². The molecule has 5 heteroatoms. The van der Waals surface area contributed by atoms with Crippen LogP contribution in [-0.4, -0.2) is 5.16 Å². The fraction of sp³-hybridized carbons (Fsp3) is 0.118. The minimum Gasteiger partial charge on any atom is -0.488 e. The molecule has 1 heterocycles. The van der Waals surface area contributed by atoms with Crippen molar-refractivity contribution >= 4 is 17.5 Å². The van der Waals surface area contributed by atoms with E-state index in [9.17, 15) is 0 Å². The standard InChI is InChI=1S/C17H15ClN2O2/c1-11-7-13(18)8-14(15-9-16(19)22-20-15)17(11)21-10-12-5-3-2-4-6-12/h2-9H,10,19H2,1H3. The third-order valence-electron chi connectivity index (χ3n) is 3.27. The molecule has 0 aliphatic rings. The van der Waals surface area contributed by atoms with Crippen LogP contribution in [0, 0.1) is 6.92 Å². The molecule has 0 aliphatic heterocycles. The zero-order valence-electron chi connectivity index (χ0n) is 12.0. The van der Waals surface area contributed by atoms with Gasteiger partial charge in [-0.2, -0.15) is 0 Å². The largest absolute Gasteiger partial charge is 0.488 e. The van der Waals surface area contributed by atoms with Crippen molar-refractivity contribution in [1.82, 2.24) is 5.16 Å². The van der Waals surface area contributed by atoms with E-state index in [0.29, 0.717) is 17.3 Å². The molecule has 3 aromatic rings. The smallest absolute Gasteiger partial charge is 0.222 e. The molecule has 0 spiro atoms. The van der Waals surface area contributed by atoms with Gasteiger partial charge in [0.25, 0.3) is 0 Å². The Kier molecular flexibility index (Phi) is 4.02. The van der Waals surface area contributed by atoms with Gasteiger partial charge in [0.2, 0.25) is 5.88 Å². The molecule has 0 aliphatic carbocycles. The first-order valence-electron chi connectivity index (χ1n) is 6.83. The number of anilines is 1. The van der Waals surface area contributed by atoms with Crippen molar-refractivity contribution in [2.75, 3.05) is 5.73 Å². The third-order valence-corrected chi connectivity index (χ3v) is 3.49. The normalized spacial score (nSPS) is 10.6. The van der Waals surface area contributed by atoms with Gasteiger partial charge in [-0.05, 0) is 30.2 Å². The van der Waals surface area contributed by atoms with Gasteiger partial charge in [0.05, 0.1) is 0 Å². The van der Waals surface area contributed by atoms with Crippen LogP contribution in [0.4, 0.5) is 5.88 Å². The van der Waals surface area contributed by atoms with Crippen LogP contribution in [-0.2, 0) is 6.61 Å². The fourth-order valence-electron chi connectivity index (χ4n) is 2.26. The average molecular weight is 315 g/mol. The summed E-state index contributed by atoms with van der Waals surface area (Å²) in [5.41, 5.74) is 8.99. The molecule has 4 nitrogen and oxygen atoms in total. The molecule has 2 aromatic carbocycles. The van der Waals surface area contributed by atoms with Gasteiger partial charge in [0, 0.05) is 16.7 Å². The minimum absolute atomic E-state index is 0.252. The first-order chi connectivity index (χ1) is 10.6. The number of hydrogen-bond acceptors (Lipinski definition) is 4. The Morgan fingerprint density at radius 2 is 1.95 bits per heavy atom. The zero-order valence-corrected chi connectivity index (χ0v) is 12.8. The molecular formula is C17H15ClN2O2. The molecule has 0 unspecified atom stereocenters. The third kappa shape index (κ3) is 3.07. The lowest BCUT2D eigenvalue weighted by Crippen LogP contribution is -1.99. The highest BCUT2D eigenvalue weighted by Crippen LogP contribution is 2.36. The number of hydrogen-bond donors (Lipinski definition) is 1. The number of halogens is 1. The highest BCUT2D eigenvalue weighted by Gasteiger charge is 2.15. The molecule has 0 atom stereocenters. The van der Waals surface area contributed by atoms with Crippen LogP contribution in [0.15, 0.2) is 53.1 Å². The van der Waals surface area contributed by atoms with Gasteiger partial charge in [-0.25, -0.2) is 0 Å². The van der Waals surface area contributed by atoms with Gasteiger partial charge >= 0.3 is 0 Å². The summed E-state index contributed by atoms with van der Waals surface area (Å²) in [5, 5.41) is 4.56. The van der Waals surface area contributed by atoms with E-state index in [0.717, 1.165) is 22.4 Å². The number of aryl methyl sites for hydroxylation is 1. The number of rotatable bonds is 4. The van der Waals surface area contributed by atoms with Gasteiger partial charge in [-0.15, -0.1) is 0 Å². The van der Waals surface area contributed by atoms with Gasteiger partial charge in [-0.3, -0.25) is 0 Å². The van der Waals surface area contributed by atoms with Crippen molar-refractivity contribution < 1.29 is 9.26 Å². The maximum Gasteiger partial charge on any atom is 0.222 e. The molecule has 3 rings (SSSR count). The highest BCUT2D eigenvalue weighted by atomic mass is 35.5. The Labute approximate surface area is 133 Å². The van der Waals surface area contributed by atoms with Crippen LogP contribution >= 0.6 is 11.6 Å². The van der Waals surface area contributed by atoms with Gasteiger partial charge < -0.3 is 15.0 Å². The Morgan fingerprint density at radius 1 is 1.18 bits per heavy atom. The van der Waals surface area contributed by atoms with E-state index in [2.05, 4.69) is 5.16 Å². The first kappa shape index (κ1) is 14.5. The van der Waals surface area contributed by atoms with Gasteiger partial charge in [0.1, 0.15) is 18.1 Å². The summed E-state index contributed by atoms with van der Waals surface area (Å²) >= 11 is 6.15. The van der Waals surface area contributed by atoms with Crippen LogP contribution in [0.5, 0.6) is 5.75 Å². The van der Waals surface area contributed by atoms with Crippen LogP contribution in [0.2, 0.25) is 5.02 Å². The first-order valence-corrected chi connectivity index (χ1v) is 7.21. The van der Waals surface area contributed by atoms with E-state index in [1.54, 1.807) is 12.1 Å². The minimum atomic E-state index is 0.252. The van der Waals surface area contributed by atoms with Crippen molar-refractivity contribution in [3.05, 3.63) is 64.7 Å². The Bertz CT molecular complexity index is 785. The molecule has 112 valence electrons. The second kappa shape index (κ2) is 6.12. The second-order valence-corrected chi connectivity index (χ2v) is 5.42. The quantitative estimate of drug-likeness (QED) is 0.772. The number of nitrogens with zero attached hydrogens (tertiary/aromatic N) is 1. The van der Waals surface area contributed by atoms with E-state index in [1.807, 2.05) is 43.3 Å². The maximum absolute atomic E-state index is 6.15. The Morgan fingerprint density at radius 3 is 2.64 bits per heavy atom. The van der Waals surface area contributed by atoms with Crippen molar-refractivity contribution in [3.8, 4) is 17.0 Å². The topological polar surface area (TPSA) is 61.3 Å². The predicted octanol–water partition coefficient (Wildman–Crippen LogP) is 4.46. The van der Waals surface area contributed by atoms with Crippen molar-refractivity contribution in [1.29, 1.82) is 0 Å². The van der Waals surface area contributed by atoms with E-state index in [1.165, 1.54) is 0 Å². The average Bonchev–Trinajstić information content (AvgIpc) is 2.93. The van der Waals surface area contributed by atoms with E-state index < -0.39 is 0 Å². The number of nitrogen functional groups attached to an aromatic ring is 1. The second-order valence-electron chi connectivity index (χ2n) is 4.99. The maximum atomic E-state index is 6.15. The number of benzene rings is 2. The summed E-state index contributed by atoms with van der Waals surface area (Å²) in [6.07, 6.45) is 0. The molecule has 1 aromatic heterocycles. The fourth-order valence-corrected chi connectivity index (χ4v) is 2.53. The lowest BCUT2D eigenvalue weighted by Gasteiger charge is -2.13. The predicted molar refractivity (Wildman–Crippen MR) is 86.9 cm³/mol. The Balaban J connectivity index is 1.95. The zero-order chi connectivity index (χ0) is 15.5. The van der Waals surface area contributed by atoms with Crippen LogP contribution in [0.3, 0.4) is 0 Å². The lowest BCUT2D eigenvalue weighted by atomic mass is 10.1. The van der Waals surface area contributed by atoms with E-state index in [4.69, 9.17) is 26.6 Å². The molecule has 0 fully saturated rings. The Hall–Kier alpha value is -2.46. The summed E-state index contributed by atoms with van der Waals surface area (Å²) in [4.78, 5) is 0. The number of nitrogens with two attached hydrogens (primary N) is 1. The summed E-state index contributed by atoms with van der Waals surface area (Å²) < 4.78 is 10.9. The van der Waals surface area contributed by atoms with Crippen molar-refractivity contribution in [3.63, 3.8) is 0 Å². The molecule has 22 heavy (non-hydrogen) atoms. The molecule has 0 radical (unpaired) electrons. The van der Waals surface area contributed by atoms with E-state index >= 15 is 0 Å². The summed E-state index contributed by atoms with van der Waals surface area (Å²) in [6, 6.07) is 15.3. The van der Waals surface area contributed by atoms with Crippen LogP contribution < -0.4 is 10.5 Å². The van der Waals surface area contributed by atoms with Gasteiger partial charge in [0.15, 0.2) is 0 Å². The molecule has 0 saturated heterocycles. The molecule has 0 saturated carbocycles. The SMILES string of the molecule is Cc1cc(Cl)cc(-c2cc(N)on2)c1OCc1ccccc1. The van der Waals surface area contributed by atoms with Crippen LogP contribution in [0.1, 0.15) is 11.1 Å². The molecular weight excluding hydrogens is 300 g/mol. The molecule has 2 N–H and O–H groups in total. The monoisotopic (exact) mass is 314 g/mol. The van der Waals surface area contributed by atoms with Gasteiger partial charge in [-0.1, -0.05) is 47.1 Å². The lowest BCUT2D eigenvalue weighted by molar-refractivity contribution is 0.305. The summed E-state index contributed by atoms with van der Waals surface area (Å²) in [7, 11) is 0. The number of ether oxygens (including phenoxy) is 1. The van der Waals surface area contributed by atoms with Crippen molar-refractivity contribution in [2.45, 2.75) is 13.5 Å². The summed E-state index contributed by atoms with van der Waals surface area (Å²) in [5.74, 6) is 0.975. The van der Waals surface area contributed by atoms with E-state index in [-0.39, 0.29) is 5.88 Å². The molecule has 0 bridgehead atoms. The van der Waals surface area contributed by atoms with Crippen molar-refractivity contribution in [2.24, 2.45) is 0 Å². The number of aromatic nitrogens is 1.